The number of carbonyl (C=O) groups excluding carboxylic acids is 1. The first-order valence-electron chi connectivity index (χ1n) is 7.66. The van der Waals surface area contributed by atoms with Gasteiger partial charge in [0.05, 0.1) is 6.20 Å². The van der Waals surface area contributed by atoms with E-state index in [1.165, 1.54) is 6.39 Å². The average Bonchev–Trinajstić information content (AvgIpc) is 3.24. The van der Waals surface area contributed by atoms with Crippen LogP contribution in [0, 0.1) is 5.41 Å². The van der Waals surface area contributed by atoms with Gasteiger partial charge in [0.15, 0.2) is 12.2 Å². The van der Waals surface area contributed by atoms with Crippen LogP contribution < -0.4 is 5.32 Å². The zero-order valence-corrected chi connectivity index (χ0v) is 12.6. The normalized spacial score (nSPS) is 16.7. The number of rotatable bonds is 5. The summed E-state index contributed by atoms with van der Waals surface area (Å²) in [5.74, 6) is 0.0769. The molecule has 1 amide bonds. The fourth-order valence-corrected chi connectivity index (χ4v) is 3.10. The van der Waals surface area contributed by atoms with Gasteiger partial charge in [0, 0.05) is 12.1 Å². The molecule has 1 saturated carbocycles. The van der Waals surface area contributed by atoms with Gasteiger partial charge < -0.3 is 9.73 Å². The van der Waals surface area contributed by atoms with Gasteiger partial charge in [-0.05, 0) is 24.5 Å². The minimum atomic E-state index is -2.62. The van der Waals surface area contributed by atoms with Gasteiger partial charge in [-0.1, -0.05) is 31.0 Å². The van der Waals surface area contributed by atoms with Crippen LogP contribution in [0.2, 0.25) is 0 Å². The van der Waals surface area contributed by atoms with E-state index in [0.29, 0.717) is 18.6 Å². The van der Waals surface area contributed by atoms with Gasteiger partial charge in [-0.15, -0.1) is 0 Å². The minimum absolute atomic E-state index is 0.218. The summed E-state index contributed by atoms with van der Waals surface area (Å²) in [7, 11) is 0. The van der Waals surface area contributed by atoms with Crippen LogP contribution in [0.4, 0.5) is 8.78 Å². The smallest absolute Gasteiger partial charge is 0.252 e. The van der Waals surface area contributed by atoms with Crippen LogP contribution in [0.15, 0.2) is 41.3 Å². The van der Waals surface area contributed by atoms with Crippen molar-refractivity contribution < 1.29 is 18.0 Å². The van der Waals surface area contributed by atoms with E-state index in [0.717, 1.165) is 11.1 Å². The summed E-state index contributed by atoms with van der Waals surface area (Å²) in [6, 6.07) is 7.38. The van der Waals surface area contributed by atoms with Gasteiger partial charge in [0.2, 0.25) is 5.91 Å². The molecule has 0 bridgehead atoms. The number of carbonyl (C=O) groups is 1. The topological polar surface area (TPSA) is 55.1 Å². The molecule has 1 fully saturated rings. The molecule has 0 unspecified atom stereocenters. The molecule has 4 nitrogen and oxygen atoms in total. The lowest BCUT2D eigenvalue weighted by molar-refractivity contribution is -0.140. The van der Waals surface area contributed by atoms with Crippen molar-refractivity contribution in [3.05, 3.63) is 42.4 Å². The van der Waals surface area contributed by atoms with Crippen LogP contribution in [0.1, 0.15) is 31.2 Å². The molecular weight excluding hydrogens is 302 g/mol. The van der Waals surface area contributed by atoms with Crippen molar-refractivity contribution in [3.8, 4) is 11.3 Å². The van der Waals surface area contributed by atoms with Crippen LogP contribution >= 0.6 is 0 Å². The average molecular weight is 320 g/mol. The van der Waals surface area contributed by atoms with E-state index in [-0.39, 0.29) is 19.4 Å². The Morgan fingerprint density at radius 1 is 1.35 bits per heavy atom. The van der Waals surface area contributed by atoms with E-state index in [4.69, 9.17) is 4.42 Å². The summed E-state index contributed by atoms with van der Waals surface area (Å²) in [5.41, 5.74) is 0.149. The van der Waals surface area contributed by atoms with E-state index in [1.807, 2.05) is 24.3 Å². The number of nitrogens with one attached hydrogen (secondary N) is 1. The monoisotopic (exact) mass is 320 g/mol. The van der Waals surface area contributed by atoms with Crippen LogP contribution in [0.3, 0.4) is 0 Å². The standard InChI is InChI=1S/C17H18F2N2O2/c18-15(19)17(6-1-2-7-17)16(22)21-9-12-4-3-5-13(8-12)14-10-20-11-23-14/h3-5,8,10-11,15H,1-2,6-7,9H2,(H,21,22). The highest BCUT2D eigenvalue weighted by Gasteiger charge is 2.48. The Hall–Kier alpha value is -2.24. The summed E-state index contributed by atoms with van der Waals surface area (Å²) in [4.78, 5) is 16.1. The van der Waals surface area contributed by atoms with Crippen molar-refractivity contribution in [1.29, 1.82) is 0 Å². The number of hydrogen-bond donors (Lipinski definition) is 1. The summed E-state index contributed by atoms with van der Waals surface area (Å²) >= 11 is 0. The number of halogens is 2. The lowest BCUT2D eigenvalue weighted by Crippen LogP contribution is -2.43. The van der Waals surface area contributed by atoms with Crippen molar-refractivity contribution in [1.82, 2.24) is 10.3 Å². The highest BCUT2D eigenvalue weighted by molar-refractivity contribution is 5.83. The predicted molar refractivity (Wildman–Crippen MR) is 80.7 cm³/mol. The van der Waals surface area contributed by atoms with Gasteiger partial charge in [0.1, 0.15) is 5.41 Å². The molecular formula is C17H18F2N2O2. The number of aromatic nitrogens is 1. The third kappa shape index (κ3) is 3.11. The van der Waals surface area contributed by atoms with Gasteiger partial charge in [0.25, 0.3) is 6.43 Å². The molecule has 1 aromatic heterocycles. The second-order valence-corrected chi connectivity index (χ2v) is 5.91. The molecule has 23 heavy (non-hydrogen) atoms. The SMILES string of the molecule is O=C(NCc1cccc(-c2cnco2)c1)C1(C(F)F)CCCC1. The number of oxazole rings is 1. The lowest BCUT2D eigenvalue weighted by Gasteiger charge is -2.26. The van der Waals surface area contributed by atoms with E-state index >= 15 is 0 Å². The molecule has 3 rings (SSSR count). The zero-order valence-electron chi connectivity index (χ0n) is 12.6. The van der Waals surface area contributed by atoms with E-state index in [1.54, 1.807) is 6.20 Å². The first-order chi connectivity index (χ1) is 11.1. The second kappa shape index (κ2) is 6.48. The third-order valence-electron chi connectivity index (χ3n) is 4.46. The highest BCUT2D eigenvalue weighted by atomic mass is 19.3. The predicted octanol–water partition coefficient (Wildman–Crippen LogP) is 3.78. The number of alkyl halides is 2. The minimum Gasteiger partial charge on any atom is -0.444 e. The Bertz CT molecular complexity index is 665. The van der Waals surface area contributed by atoms with Crippen LogP contribution in [-0.4, -0.2) is 17.3 Å². The first kappa shape index (κ1) is 15.6. The third-order valence-corrected chi connectivity index (χ3v) is 4.46. The van der Waals surface area contributed by atoms with Gasteiger partial charge in [-0.25, -0.2) is 13.8 Å². The summed E-state index contributed by atoms with van der Waals surface area (Å²) < 4.78 is 31.9. The molecule has 1 aliphatic rings. The van der Waals surface area contributed by atoms with Crippen LogP contribution in [0.25, 0.3) is 11.3 Å². The molecule has 0 radical (unpaired) electrons. The molecule has 0 aliphatic heterocycles. The van der Waals surface area contributed by atoms with Crippen molar-refractivity contribution in [3.63, 3.8) is 0 Å². The number of amides is 1. The van der Waals surface area contributed by atoms with Gasteiger partial charge in [-0.3, -0.25) is 4.79 Å². The van der Waals surface area contributed by atoms with Gasteiger partial charge >= 0.3 is 0 Å². The second-order valence-electron chi connectivity index (χ2n) is 5.91. The number of nitrogens with zero attached hydrogens (tertiary/aromatic N) is 1. The van der Waals surface area contributed by atoms with E-state index in [2.05, 4.69) is 10.3 Å². The summed E-state index contributed by atoms with van der Waals surface area (Å²) in [5, 5.41) is 2.67. The highest BCUT2D eigenvalue weighted by Crippen LogP contribution is 2.43. The van der Waals surface area contributed by atoms with Gasteiger partial charge in [-0.2, -0.15) is 0 Å². The van der Waals surface area contributed by atoms with Crippen molar-refractivity contribution in [2.45, 2.75) is 38.7 Å². The first-order valence-corrected chi connectivity index (χ1v) is 7.66. The molecule has 122 valence electrons. The summed E-state index contributed by atoms with van der Waals surface area (Å²) in [6.45, 7) is 0.218. The summed E-state index contributed by atoms with van der Waals surface area (Å²) in [6.07, 6.45) is 2.20. The molecule has 1 N–H and O–H groups in total. The maximum absolute atomic E-state index is 13.3. The van der Waals surface area contributed by atoms with Crippen molar-refractivity contribution in [2.24, 2.45) is 5.41 Å². The Balaban J connectivity index is 1.68. The molecule has 1 heterocycles. The Labute approximate surface area is 132 Å². The number of hydrogen-bond acceptors (Lipinski definition) is 3. The Morgan fingerprint density at radius 2 is 2.13 bits per heavy atom. The van der Waals surface area contributed by atoms with Crippen molar-refractivity contribution >= 4 is 5.91 Å². The molecule has 2 aromatic rings. The molecule has 1 aromatic carbocycles. The quantitative estimate of drug-likeness (QED) is 0.912. The largest absolute Gasteiger partial charge is 0.444 e. The molecule has 6 heteroatoms. The van der Waals surface area contributed by atoms with Crippen LogP contribution in [-0.2, 0) is 11.3 Å². The lowest BCUT2D eigenvalue weighted by atomic mass is 9.85. The zero-order chi connectivity index (χ0) is 16.3. The fourth-order valence-electron chi connectivity index (χ4n) is 3.10. The molecule has 1 aliphatic carbocycles. The molecule has 0 atom stereocenters. The fraction of sp³-hybridized carbons (Fsp3) is 0.412. The molecule has 0 spiro atoms. The maximum Gasteiger partial charge on any atom is 0.252 e. The van der Waals surface area contributed by atoms with E-state index < -0.39 is 17.7 Å². The molecule has 0 saturated heterocycles. The van der Waals surface area contributed by atoms with E-state index in [9.17, 15) is 13.6 Å². The maximum atomic E-state index is 13.3. The Morgan fingerprint density at radius 3 is 2.78 bits per heavy atom. The number of benzene rings is 1. The van der Waals surface area contributed by atoms with Crippen molar-refractivity contribution in [2.75, 3.05) is 0 Å². The Kier molecular flexibility index (Phi) is 4.41. The van der Waals surface area contributed by atoms with Crippen LogP contribution in [0.5, 0.6) is 0 Å².